The molecule has 17 heavy (non-hydrogen) atoms. The predicted molar refractivity (Wildman–Crippen MR) is 68.7 cm³/mol. The molecule has 0 spiro atoms. The van der Waals surface area contributed by atoms with Crippen LogP contribution in [0.1, 0.15) is 42.4 Å². The van der Waals surface area contributed by atoms with E-state index >= 15 is 0 Å². The summed E-state index contributed by atoms with van der Waals surface area (Å²) in [5, 5.41) is 12.2. The molecule has 1 amide bonds. The molecule has 0 unspecified atom stereocenters. The molecule has 0 aliphatic carbocycles. The number of carbonyl (C=O) groups is 2. The van der Waals surface area contributed by atoms with Crippen LogP contribution >= 0.6 is 11.3 Å². The first-order chi connectivity index (χ1) is 7.69. The summed E-state index contributed by atoms with van der Waals surface area (Å²) in [5.74, 6) is -1.04. The average molecular weight is 255 g/mol. The number of hydrogen-bond acceptors (Lipinski definition) is 3. The Morgan fingerprint density at radius 3 is 2.41 bits per heavy atom. The number of anilines is 1. The van der Waals surface area contributed by atoms with Crippen LogP contribution in [-0.4, -0.2) is 17.0 Å². The minimum atomic E-state index is -0.955. The van der Waals surface area contributed by atoms with E-state index in [-0.39, 0.29) is 16.2 Å². The van der Waals surface area contributed by atoms with Gasteiger partial charge in [0.25, 0.3) is 0 Å². The maximum absolute atomic E-state index is 11.7. The maximum Gasteiger partial charge on any atom is 0.346 e. The third kappa shape index (κ3) is 4.19. The summed E-state index contributed by atoms with van der Waals surface area (Å²) in [7, 11) is 0. The highest BCUT2D eigenvalue weighted by Gasteiger charge is 2.18. The van der Waals surface area contributed by atoms with Crippen molar-refractivity contribution in [2.24, 2.45) is 5.41 Å². The fourth-order valence-corrected chi connectivity index (χ4v) is 2.35. The SMILES string of the molecule is Cc1cc(NC(=O)CC(C)(C)C)sc1C(=O)O. The molecule has 5 heteroatoms. The Hall–Kier alpha value is -1.36. The molecular formula is C12H17NO3S. The fraction of sp³-hybridized carbons (Fsp3) is 0.500. The minimum Gasteiger partial charge on any atom is -0.477 e. The third-order valence-electron chi connectivity index (χ3n) is 2.07. The zero-order valence-electron chi connectivity index (χ0n) is 10.5. The molecule has 4 nitrogen and oxygen atoms in total. The summed E-state index contributed by atoms with van der Waals surface area (Å²) in [4.78, 5) is 22.8. The van der Waals surface area contributed by atoms with Gasteiger partial charge in [-0.15, -0.1) is 11.3 Å². The average Bonchev–Trinajstić information content (AvgIpc) is 2.42. The zero-order chi connectivity index (χ0) is 13.2. The number of aryl methyl sites for hydroxylation is 1. The normalized spacial score (nSPS) is 11.3. The zero-order valence-corrected chi connectivity index (χ0v) is 11.3. The van der Waals surface area contributed by atoms with Crippen LogP contribution in [0.2, 0.25) is 0 Å². The molecule has 94 valence electrons. The van der Waals surface area contributed by atoms with Crippen molar-refractivity contribution in [2.45, 2.75) is 34.1 Å². The van der Waals surface area contributed by atoms with E-state index in [9.17, 15) is 9.59 Å². The third-order valence-corrected chi connectivity index (χ3v) is 3.21. The van der Waals surface area contributed by atoms with Crippen molar-refractivity contribution in [3.63, 3.8) is 0 Å². The molecule has 0 radical (unpaired) electrons. The molecule has 1 rings (SSSR count). The highest BCUT2D eigenvalue weighted by molar-refractivity contribution is 7.18. The van der Waals surface area contributed by atoms with Crippen molar-refractivity contribution in [3.8, 4) is 0 Å². The van der Waals surface area contributed by atoms with Gasteiger partial charge < -0.3 is 10.4 Å². The van der Waals surface area contributed by atoms with Crippen molar-refractivity contribution in [1.29, 1.82) is 0 Å². The van der Waals surface area contributed by atoms with Gasteiger partial charge in [-0.25, -0.2) is 4.79 Å². The first-order valence-electron chi connectivity index (χ1n) is 5.32. The van der Waals surface area contributed by atoms with Gasteiger partial charge >= 0.3 is 5.97 Å². The van der Waals surface area contributed by atoms with E-state index in [0.29, 0.717) is 17.0 Å². The van der Waals surface area contributed by atoms with E-state index in [0.717, 1.165) is 11.3 Å². The first kappa shape index (κ1) is 13.7. The monoisotopic (exact) mass is 255 g/mol. The van der Waals surface area contributed by atoms with Gasteiger partial charge in [0.1, 0.15) is 4.88 Å². The molecule has 0 atom stereocenters. The molecule has 0 bridgehead atoms. The van der Waals surface area contributed by atoms with Gasteiger partial charge in [-0.1, -0.05) is 20.8 Å². The standard InChI is InChI=1S/C12H17NO3S/c1-7-5-9(17-10(7)11(15)16)13-8(14)6-12(2,3)4/h5H,6H2,1-4H3,(H,13,14)(H,15,16). The van der Waals surface area contributed by atoms with Crippen LogP contribution in [0.15, 0.2) is 6.07 Å². The number of aromatic carboxylic acids is 1. The summed E-state index contributed by atoms with van der Waals surface area (Å²) >= 11 is 1.09. The summed E-state index contributed by atoms with van der Waals surface area (Å²) in [6, 6.07) is 1.69. The van der Waals surface area contributed by atoms with Crippen LogP contribution in [0.4, 0.5) is 5.00 Å². The molecule has 0 saturated carbocycles. The highest BCUT2D eigenvalue weighted by atomic mass is 32.1. The van der Waals surface area contributed by atoms with E-state index in [4.69, 9.17) is 5.11 Å². The number of amides is 1. The molecule has 1 heterocycles. The summed E-state index contributed by atoms with van der Waals surface area (Å²) < 4.78 is 0. The van der Waals surface area contributed by atoms with Gasteiger partial charge in [-0.05, 0) is 24.0 Å². The Bertz CT molecular complexity index is 443. The number of carboxylic acid groups (broad SMARTS) is 1. The van der Waals surface area contributed by atoms with Crippen LogP contribution < -0.4 is 5.32 Å². The van der Waals surface area contributed by atoms with Crippen LogP contribution in [0, 0.1) is 12.3 Å². The van der Waals surface area contributed by atoms with E-state index in [2.05, 4.69) is 5.32 Å². The molecule has 0 aliphatic rings. The molecular weight excluding hydrogens is 238 g/mol. The number of hydrogen-bond donors (Lipinski definition) is 2. The number of rotatable bonds is 3. The fourth-order valence-electron chi connectivity index (χ4n) is 1.42. The lowest BCUT2D eigenvalue weighted by Gasteiger charge is -2.16. The predicted octanol–water partition coefficient (Wildman–Crippen LogP) is 3.13. The summed E-state index contributed by atoms with van der Waals surface area (Å²) in [6.45, 7) is 7.66. The molecule has 0 aromatic carbocycles. The van der Waals surface area contributed by atoms with Crippen LogP contribution in [0.5, 0.6) is 0 Å². The Balaban J connectivity index is 2.73. The quantitative estimate of drug-likeness (QED) is 0.872. The second-order valence-corrected chi connectivity index (χ2v) is 6.27. The smallest absolute Gasteiger partial charge is 0.346 e. The van der Waals surface area contributed by atoms with Gasteiger partial charge in [0.15, 0.2) is 0 Å². The Morgan fingerprint density at radius 2 is 2.00 bits per heavy atom. The van der Waals surface area contributed by atoms with Crippen molar-refractivity contribution in [2.75, 3.05) is 5.32 Å². The molecule has 1 aromatic rings. The summed E-state index contributed by atoms with van der Waals surface area (Å²) in [6.07, 6.45) is 0.409. The topological polar surface area (TPSA) is 66.4 Å². The Labute approximate surface area is 105 Å². The summed E-state index contributed by atoms with van der Waals surface area (Å²) in [5.41, 5.74) is 0.597. The van der Waals surface area contributed by atoms with Crippen molar-refractivity contribution >= 4 is 28.2 Å². The van der Waals surface area contributed by atoms with Gasteiger partial charge in [-0.2, -0.15) is 0 Å². The lowest BCUT2D eigenvalue weighted by atomic mass is 9.92. The van der Waals surface area contributed by atoms with E-state index < -0.39 is 5.97 Å². The highest BCUT2D eigenvalue weighted by Crippen LogP contribution is 2.27. The van der Waals surface area contributed by atoms with Crippen molar-refractivity contribution < 1.29 is 14.7 Å². The molecule has 2 N–H and O–H groups in total. The molecule has 0 fully saturated rings. The van der Waals surface area contributed by atoms with E-state index in [1.54, 1.807) is 13.0 Å². The van der Waals surface area contributed by atoms with Crippen molar-refractivity contribution in [1.82, 2.24) is 0 Å². The van der Waals surface area contributed by atoms with Gasteiger partial charge in [0.05, 0.1) is 5.00 Å². The molecule has 0 aliphatic heterocycles. The number of carbonyl (C=O) groups excluding carboxylic acids is 1. The van der Waals surface area contributed by atoms with Gasteiger partial charge in [0, 0.05) is 6.42 Å². The van der Waals surface area contributed by atoms with Crippen molar-refractivity contribution in [3.05, 3.63) is 16.5 Å². The second kappa shape index (κ2) is 4.87. The van der Waals surface area contributed by atoms with Crippen LogP contribution in [-0.2, 0) is 4.79 Å². The van der Waals surface area contributed by atoms with Crippen LogP contribution in [0.3, 0.4) is 0 Å². The first-order valence-corrected chi connectivity index (χ1v) is 6.14. The number of nitrogens with one attached hydrogen (secondary N) is 1. The number of thiophene rings is 1. The Kier molecular flexibility index (Phi) is 3.93. The van der Waals surface area contributed by atoms with Gasteiger partial charge in [-0.3, -0.25) is 4.79 Å². The van der Waals surface area contributed by atoms with E-state index in [1.165, 1.54) is 0 Å². The van der Waals surface area contributed by atoms with Gasteiger partial charge in [0.2, 0.25) is 5.91 Å². The second-order valence-electron chi connectivity index (χ2n) is 5.21. The molecule has 1 aromatic heterocycles. The van der Waals surface area contributed by atoms with E-state index in [1.807, 2.05) is 20.8 Å². The molecule has 0 saturated heterocycles. The minimum absolute atomic E-state index is 0.0774. The lowest BCUT2D eigenvalue weighted by Crippen LogP contribution is -2.19. The lowest BCUT2D eigenvalue weighted by molar-refractivity contribution is -0.117. The van der Waals surface area contributed by atoms with Crippen LogP contribution in [0.25, 0.3) is 0 Å². The largest absolute Gasteiger partial charge is 0.477 e. The maximum atomic E-state index is 11.7. The Morgan fingerprint density at radius 1 is 1.41 bits per heavy atom. The number of carboxylic acids is 1.